The van der Waals surface area contributed by atoms with Crippen molar-refractivity contribution >= 4 is 9.84 Å². The van der Waals surface area contributed by atoms with Crippen LogP contribution in [0.15, 0.2) is 0 Å². The molecule has 10 heavy (non-hydrogen) atoms. The minimum atomic E-state index is -2.74. The van der Waals surface area contributed by atoms with Gasteiger partial charge in [0.15, 0.2) is 9.84 Å². The van der Waals surface area contributed by atoms with Crippen molar-refractivity contribution in [3.8, 4) is 0 Å². The van der Waals surface area contributed by atoms with Crippen LogP contribution in [0, 0.1) is 0 Å². The molecule has 0 aromatic carbocycles. The highest BCUT2D eigenvalue weighted by molar-refractivity contribution is 7.92. The third-order valence-corrected chi connectivity index (χ3v) is 4.56. The van der Waals surface area contributed by atoms with Crippen LogP contribution in [-0.2, 0) is 9.84 Å². The molecule has 2 saturated heterocycles. The summed E-state index contributed by atoms with van der Waals surface area (Å²) in [6, 6.07) is 0.106. The van der Waals surface area contributed by atoms with E-state index in [1.165, 1.54) is 0 Å². The summed E-state index contributed by atoms with van der Waals surface area (Å²) in [6.07, 6.45) is 0.749. The van der Waals surface area contributed by atoms with Crippen LogP contribution in [0.4, 0.5) is 0 Å². The topological polar surface area (TPSA) is 63.4 Å². The molecule has 2 fully saturated rings. The van der Waals surface area contributed by atoms with Crippen LogP contribution in [0.3, 0.4) is 0 Å². The number of hydrogen-bond donors (Lipinski definition) is 1. The molecule has 2 aliphatic heterocycles. The highest BCUT2D eigenvalue weighted by Crippen LogP contribution is 2.30. The molecule has 2 N–H and O–H groups in total. The molecule has 2 bridgehead atoms. The first kappa shape index (κ1) is 6.57. The zero-order valence-corrected chi connectivity index (χ0v) is 6.34. The molecule has 0 radical (unpaired) electrons. The molecule has 0 aromatic rings. The monoisotopic (exact) mass is 162 g/mol. The van der Waals surface area contributed by atoms with Gasteiger partial charge in [0, 0.05) is 12.6 Å². The molecule has 0 aromatic heterocycles. The average molecular weight is 162 g/mol. The number of hydrogen-bond acceptors (Lipinski definition) is 4. The molecular formula is C5H10N2O2S. The Morgan fingerprint density at radius 3 is 2.50 bits per heavy atom. The van der Waals surface area contributed by atoms with E-state index in [4.69, 9.17) is 5.84 Å². The number of fused-ring (bicyclic) bond motifs is 2. The molecule has 58 valence electrons. The lowest BCUT2D eigenvalue weighted by atomic mass is 10.3. The summed E-state index contributed by atoms with van der Waals surface area (Å²) in [6.45, 7) is 0.535. The Bertz CT molecular complexity index is 246. The number of sulfone groups is 1. The van der Waals surface area contributed by atoms with Gasteiger partial charge >= 0.3 is 0 Å². The van der Waals surface area contributed by atoms with Crippen LogP contribution < -0.4 is 5.84 Å². The lowest BCUT2D eigenvalue weighted by molar-refractivity contribution is 0.275. The Morgan fingerprint density at radius 2 is 2.20 bits per heavy atom. The van der Waals surface area contributed by atoms with E-state index >= 15 is 0 Å². The van der Waals surface area contributed by atoms with E-state index in [9.17, 15) is 8.42 Å². The largest absolute Gasteiger partial charge is 0.268 e. The third-order valence-electron chi connectivity index (χ3n) is 2.35. The van der Waals surface area contributed by atoms with E-state index in [1.807, 2.05) is 0 Å². The Morgan fingerprint density at radius 1 is 1.50 bits per heavy atom. The molecule has 2 rings (SSSR count). The fraction of sp³-hybridized carbons (Fsp3) is 1.00. The van der Waals surface area contributed by atoms with Crippen LogP contribution >= 0.6 is 0 Å². The van der Waals surface area contributed by atoms with E-state index in [0.29, 0.717) is 6.54 Å². The van der Waals surface area contributed by atoms with Gasteiger partial charge in [-0.3, -0.25) is 5.84 Å². The Balaban J connectivity index is 2.32. The number of hydrazine groups is 1. The van der Waals surface area contributed by atoms with Crippen molar-refractivity contribution in [1.82, 2.24) is 5.01 Å². The first-order valence-electron chi connectivity index (χ1n) is 3.32. The van der Waals surface area contributed by atoms with Gasteiger partial charge in [0.05, 0.1) is 11.0 Å². The van der Waals surface area contributed by atoms with Gasteiger partial charge < -0.3 is 0 Å². The number of nitrogens with two attached hydrogens (primary N) is 1. The first-order valence-corrected chi connectivity index (χ1v) is 5.04. The van der Waals surface area contributed by atoms with Crippen LogP contribution in [0.5, 0.6) is 0 Å². The lowest BCUT2D eigenvalue weighted by Crippen LogP contribution is -2.44. The van der Waals surface area contributed by atoms with Crippen molar-refractivity contribution < 1.29 is 8.42 Å². The molecule has 0 unspecified atom stereocenters. The van der Waals surface area contributed by atoms with Crippen LogP contribution in [0.1, 0.15) is 6.42 Å². The van der Waals surface area contributed by atoms with Gasteiger partial charge in [-0.05, 0) is 6.42 Å². The van der Waals surface area contributed by atoms with Crippen molar-refractivity contribution in [2.45, 2.75) is 17.7 Å². The summed E-state index contributed by atoms with van der Waals surface area (Å²) in [5.41, 5.74) is 0. The van der Waals surface area contributed by atoms with Gasteiger partial charge in [0.25, 0.3) is 0 Å². The molecule has 2 atom stereocenters. The minimum Gasteiger partial charge on any atom is -0.268 e. The molecule has 2 heterocycles. The molecule has 0 aliphatic carbocycles. The molecule has 4 nitrogen and oxygen atoms in total. The number of rotatable bonds is 0. The highest BCUT2D eigenvalue weighted by atomic mass is 32.2. The second-order valence-corrected chi connectivity index (χ2v) is 5.36. The third kappa shape index (κ3) is 0.710. The van der Waals surface area contributed by atoms with E-state index in [0.717, 1.165) is 6.42 Å². The molecule has 0 amide bonds. The molecular weight excluding hydrogens is 152 g/mol. The highest BCUT2D eigenvalue weighted by Gasteiger charge is 2.47. The Labute approximate surface area is 59.9 Å². The SMILES string of the molecule is NN1C[C@@H]2C[C@H]1CS2(=O)=O. The zero-order chi connectivity index (χ0) is 7.35. The van der Waals surface area contributed by atoms with Gasteiger partial charge in [-0.1, -0.05) is 0 Å². The first-order chi connectivity index (χ1) is 4.59. The second kappa shape index (κ2) is 1.72. The summed E-state index contributed by atoms with van der Waals surface area (Å²) >= 11 is 0. The van der Waals surface area contributed by atoms with Crippen molar-refractivity contribution in [3.05, 3.63) is 0 Å². The van der Waals surface area contributed by atoms with Crippen molar-refractivity contribution in [3.63, 3.8) is 0 Å². The lowest BCUT2D eigenvalue weighted by Gasteiger charge is -2.20. The van der Waals surface area contributed by atoms with Crippen molar-refractivity contribution in [2.75, 3.05) is 12.3 Å². The molecule has 0 spiro atoms. The van der Waals surface area contributed by atoms with Gasteiger partial charge in [-0.25, -0.2) is 13.4 Å². The smallest absolute Gasteiger partial charge is 0.156 e. The number of nitrogens with zero attached hydrogens (tertiary/aromatic N) is 1. The van der Waals surface area contributed by atoms with E-state index in [2.05, 4.69) is 0 Å². The predicted molar refractivity (Wildman–Crippen MR) is 36.9 cm³/mol. The summed E-state index contributed by atoms with van der Waals surface area (Å²) in [4.78, 5) is 0. The molecule has 0 saturated carbocycles. The molecule has 5 heteroatoms. The quantitative estimate of drug-likeness (QED) is 0.451. The summed E-state index contributed by atoms with van der Waals surface area (Å²) < 4.78 is 22.2. The van der Waals surface area contributed by atoms with E-state index < -0.39 is 9.84 Å². The second-order valence-electron chi connectivity index (χ2n) is 3.04. The van der Waals surface area contributed by atoms with Crippen molar-refractivity contribution in [2.24, 2.45) is 5.84 Å². The Kier molecular flexibility index (Phi) is 1.13. The standard InChI is InChI=1S/C5H10N2O2S/c6-7-2-5-1-4(7)3-10(5,8)9/h4-5H,1-3,6H2/t4-,5-/m0/s1. The molecule has 2 aliphatic rings. The van der Waals surface area contributed by atoms with Crippen LogP contribution in [0.2, 0.25) is 0 Å². The maximum absolute atomic E-state index is 11.1. The van der Waals surface area contributed by atoms with E-state index in [1.54, 1.807) is 5.01 Å². The normalized spacial score (nSPS) is 44.5. The predicted octanol–water partition coefficient (Wildman–Crippen LogP) is -1.27. The average Bonchev–Trinajstić information content (AvgIpc) is 2.21. The van der Waals surface area contributed by atoms with Gasteiger partial charge in [-0.2, -0.15) is 0 Å². The minimum absolute atomic E-state index is 0.106. The van der Waals surface area contributed by atoms with Gasteiger partial charge in [0.1, 0.15) is 0 Å². The fourth-order valence-electron chi connectivity index (χ4n) is 1.73. The zero-order valence-electron chi connectivity index (χ0n) is 5.53. The fourth-order valence-corrected chi connectivity index (χ4v) is 3.78. The van der Waals surface area contributed by atoms with Crippen LogP contribution in [-0.4, -0.2) is 37.0 Å². The van der Waals surface area contributed by atoms with Gasteiger partial charge in [0.2, 0.25) is 0 Å². The summed E-state index contributed by atoms with van der Waals surface area (Å²) in [5.74, 6) is 5.78. The summed E-state index contributed by atoms with van der Waals surface area (Å²) in [5, 5.41) is 1.48. The Hall–Kier alpha value is -0.130. The maximum Gasteiger partial charge on any atom is 0.156 e. The van der Waals surface area contributed by atoms with Crippen LogP contribution in [0.25, 0.3) is 0 Å². The van der Waals surface area contributed by atoms with Gasteiger partial charge in [-0.15, -0.1) is 0 Å². The summed E-state index contributed by atoms with van der Waals surface area (Å²) in [7, 11) is -2.74. The van der Waals surface area contributed by atoms with Crippen molar-refractivity contribution in [1.29, 1.82) is 0 Å². The van der Waals surface area contributed by atoms with E-state index in [-0.39, 0.29) is 17.0 Å². The maximum atomic E-state index is 11.1.